The number of nitrogens with zero attached hydrogens (tertiary/aromatic N) is 1. The third kappa shape index (κ3) is 2.59. The summed E-state index contributed by atoms with van der Waals surface area (Å²) in [5, 5.41) is 11.8. The molecule has 4 atom stereocenters. The third-order valence-electron chi connectivity index (χ3n) is 6.50. The first-order valence-corrected chi connectivity index (χ1v) is 11.2. The molecule has 0 aromatic heterocycles. The zero-order valence-corrected chi connectivity index (χ0v) is 16.7. The Morgan fingerprint density at radius 2 is 1.78 bits per heavy atom. The highest BCUT2D eigenvalue weighted by atomic mass is 32.2. The summed E-state index contributed by atoms with van der Waals surface area (Å²) in [4.78, 5) is 0.313. The summed E-state index contributed by atoms with van der Waals surface area (Å²) in [5.74, 6) is 0. The van der Waals surface area contributed by atoms with Gasteiger partial charge in [-0.05, 0) is 43.9 Å². The zero-order chi connectivity index (χ0) is 19.3. The van der Waals surface area contributed by atoms with Gasteiger partial charge in [0.05, 0.1) is 10.4 Å². The molecule has 144 valence electrons. The summed E-state index contributed by atoms with van der Waals surface area (Å²) >= 11 is 0. The number of hydrogen-bond acceptors (Lipinski definition) is 3. The summed E-state index contributed by atoms with van der Waals surface area (Å²) in [7, 11) is -3.65. The van der Waals surface area contributed by atoms with Crippen molar-refractivity contribution in [3.05, 3.63) is 65.7 Å². The van der Waals surface area contributed by atoms with Crippen molar-refractivity contribution < 1.29 is 13.5 Å². The van der Waals surface area contributed by atoms with Crippen LogP contribution in [0.25, 0.3) is 0 Å². The first kappa shape index (κ1) is 18.7. The minimum absolute atomic E-state index is 0.136. The van der Waals surface area contributed by atoms with Crippen LogP contribution >= 0.6 is 0 Å². The highest BCUT2D eigenvalue weighted by Crippen LogP contribution is 2.63. The van der Waals surface area contributed by atoms with E-state index >= 15 is 0 Å². The molecule has 5 heteroatoms. The SMILES string of the molecule is CC[C@](O)(c1ccccc1)[C@@]12CCCC[C@@H]1N2S(=O)(=O)c1ccc(C)cc1. The summed E-state index contributed by atoms with van der Waals surface area (Å²) in [6, 6.07) is 16.4. The third-order valence-corrected chi connectivity index (χ3v) is 8.47. The second kappa shape index (κ2) is 6.43. The Kier molecular flexibility index (Phi) is 4.45. The molecule has 1 aliphatic heterocycles. The van der Waals surface area contributed by atoms with Gasteiger partial charge < -0.3 is 5.11 Å². The fourth-order valence-electron chi connectivity index (χ4n) is 5.07. The van der Waals surface area contributed by atoms with Crippen LogP contribution < -0.4 is 0 Å². The highest BCUT2D eigenvalue weighted by molar-refractivity contribution is 7.89. The predicted octanol–water partition coefficient (Wildman–Crippen LogP) is 3.98. The number of hydrogen-bond donors (Lipinski definition) is 1. The Labute approximate surface area is 161 Å². The summed E-state index contributed by atoms with van der Waals surface area (Å²) in [6.45, 7) is 3.89. The monoisotopic (exact) mass is 385 g/mol. The van der Waals surface area contributed by atoms with Gasteiger partial charge in [-0.25, -0.2) is 8.42 Å². The molecule has 2 aliphatic rings. The lowest BCUT2D eigenvalue weighted by molar-refractivity contribution is -0.0274. The standard InChI is InChI=1S/C22H27NO3S/c1-3-22(24,18-9-5-4-6-10-18)21-16-8-7-11-20(21)23(21)27(25,26)19-14-12-17(2)13-15-19/h4-6,9-10,12-15,20,24H,3,7-8,11,16H2,1-2H3/t20-,21+,22-,23?/m0/s1. The van der Waals surface area contributed by atoms with E-state index in [0.29, 0.717) is 17.7 Å². The Morgan fingerprint density at radius 3 is 2.41 bits per heavy atom. The van der Waals surface area contributed by atoms with Gasteiger partial charge in [-0.15, -0.1) is 0 Å². The van der Waals surface area contributed by atoms with Gasteiger partial charge in [-0.2, -0.15) is 4.31 Å². The van der Waals surface area contributed by atoms with E-state index in [0.717, 1.165) is 30.4 Å². The van der Waals surface area contributed by atoms with E-state index in [1.165, 1.54) is 0 Å². The molecule has 4 nitrogen and oxygen atoms in total. The van der Waals surface area contributed by atoms with E-state index in [-0.39, 0.29) is 6.04 Å². The van der Waals surface area contributed by atoms with Gasteiger partial charge in [0, 0.05) is 6.04 Å². The summed E-state index contributed by atoms with van der Waals surface area (Å²) in [5.41, 5.74) is -0.0930. The van der Waals surface area contributed by atoms with Gasteiger partial charge in [0.25, 0.3) is 0 Å². The zero-order valence-electron chi connectivity index (χ0n) is 15.9. The second-order valence-electron chi connectivity index (χ2n) is 7.88. The molecule has 2 fully saturated rings. The van der Waals surface area contributed by atoms with Crippen molar-refractivity contribution in [1.82, 2.24) is 4.31 Å². The lowest BCUT2D eigenvalue weighted by Gasteiger charge is -2.38. The first-order chi connectivity index (χ1) is 12.9. The number of aryl methyl sites for hydroxylation is 1. The molecule has 0 amide bonds. The van der Waals surface area contributed by atoms with Gasteiger partial charge in [-0.3, -0.25) is 0 Å². The molecule has 0 radical (unpaired) electrons. The van der Waals surface area contributed by atoms with E-state index in [1.54, 1.807) is 16.4 Å². The van der Waals surface area contributed by atoms with Gasteiger partial charge in [-0.1, -0.05) is 67.8 Å². The van der Waals surface area contributed by atoms with Crippen molar-refractivity contribution in [2.45, 2.75) is 68.0 Å². The van der Waals surface area contributed by atoms with Crippen LogP contribution in [0.15, 0.2) is 59.5 Å². The van der Waals surface area contributed by atoms with E-state index in [1.807, 2.05) is 56.3 Å². The molecule has 1 unspecified atom stereocenters. The largest absolute Gasteiger partial charge is 0.383 e. The molecule has 1 saturated carbocycles. The number of sulfonamides is 1. The lowest BCUT2D eigenvalue weighted by Crippen LogP contribution is -2.47. The summed E-state index contributed by atoms with van der Waals surface area (Å²) in [6.07, 6.45) is 3.92. The molecule has 1 aliphatic carbocycles. The first-order valence-electron chi connectivity index (χ1n) is 9.77. The van der Waals surface area contributed by atoms with Gasteiger partial charge in [0.1, 0.15) is 5.60 Å². The second-order valence-corrected chi connectivity index (χ2v) is 9.69. The molecule has 1 heterocycles. The van der Waals surface area contributed by atoms with Crippen LogP contribution in [0.3, 0.4) is 0 Å². The smallest absolute Gasteiger partial charge is 0.244 e. The topological polar surface area (TPSA) is 57.4 Å². The number of rotatable bonds is 5. The molecule has 0 bridgehead atoms. The Morgan fingerprint density at radius 1 is 1.11 bits per heavy atom. The molecular weight excluding hydrogens is 358 g/mol. The fraction of sp³-hybridized carbons (Fsp3) is 0.455. The molecule has 0 spiro atoms. The van der Waals surface area contributed by atoms with Crippen molar-refractivity contribution in [3.8, 4) is 0 Å². The Balaban J connectivity index is 1.82. The average Bonchev–Trinajstić information content (AvgIpc) is 3.40. The minimum atomic E-state index is -3.65. The number of fused-ring (bicyclic) bond motifs is 1. The number of benzene rings is 2. The molecule has 2 aromatic rings. The van der Waals surface area contributed by atoms with Crippen LogP contribution in [0.5, 0.6) is 0 Å². The molecule has 2 aromatic carbocycles. The van der Waals surface area contributed by atoms with Crippen LogP contribution in [0.2, 0.25) is 0 Å². The van der Waals surface area contributed by atoms with Crippen LogP contribution in [0, 0.1) is 6.92 Å². The van der Waals surface area contributed by atoms with E-state index in [4.69, 9.17) is 0 Å². The van der Waals surface area contributed by atoms with Crippen molar-refractivity contribution in [3.63, 3.8) is 0 Å². The average molecular weight is 386 g/mol. The van der Waals surface area contributed by atoms with E-state index in [9.17, 15) is 13.5 Å². The fourth-order valence-corrected chi connectivity index (χ4v) is 7.14. The van der Waals surface area contributed by atoms with Crippen molar-refractivity contribution in [2.24, 2.45) is 0 Å². The number of aliphatic hydroxyl groups is 1. The van der Waals surface area contributed by atoms with Crippen molar-refractivity contribution in [2.75, 3.05) is 0 Å². The van der Waals surface area contributed by atoms with Gasteiger partial charge in [0.15, 0.2) is 0 Å². The van der Waals surface area contributed by atoms with E-state index < -0.39 is 21.2 Å². The van der Waals surface area contributed by atoms with Crippen molar-refractivity contribution >= 4 is 10.0 Å². The van der Waals surface area contributed by atoms with Crippen LogP contribution in [-0.2, 0) is 15.6 Å². The predicted molar refractivity (Wildman–Crippen MR) is 106 cm³/mol. The quantitative estimate of drug-likeness (QED) is 0.792. The molecule has 4 rings (SSSR count). The molecule has 1 saturated heterocycles. The highest BCUT2D eigenvalue weighted by Gasteiger charge is 2.76. The maximum absolute atomic E-state index is 13.5. The maximum Gasteiger partial charge on any atom is 0.244 e. The Hall–Kier alpha value is -1.69. The lowest BCUT2D eigenvalue weighted by atomic mass is 9.71. The summed E-state index contributed by atoms with van der Waals surface area (Å²) < 4.78 is 28.6. The van der Waals surface area contributed by atoms with Crippen molar-refractivity contribution in [1.29, 1.82) is 0 Å². The van der Waals surface area contributed by atoms with Crippen LogP contribution in [0.4, 0.5) is 0 Å². The van der Waals surface area contributed by atoms with Gasteiger partial charge >= 0.3 is 0 Å². The molecular formula is C22H27NO3S. The normalized spacial score (nSPS) is 29.6. The van der Waals surface area contributed by atoms with Crippen LogP contribution in [-0.4, -0.2) is 29.4 Å². The molecule has 1 N–H and O–H groups in total. The minimum Gasteiger partial charge on any atom is -0.383 e. The van der Waals surface area contributed by atoms with E-state index in [2.05, 4.69) is 0 Å². The Bertz CT molecular complexity index is 926. The molecule has 27 heavy (non-hydrogen) atoms. The van der Waals surface area contributed by atoms with Gasteiger partial charge in [0.2, 0.25) is 10.0 Å². The van der Waals surface area contributed by atoms with Crippen LogP contribution in [0.1, 0.15) is 50.2 Å². The maximum atomic E-state index is 13.5.